The van der Waals surface area contributed by atoms with Gasteiger partial charge in [0, 0.05) is 25.0 Å². The summed E-state index contributed by atoms with van der Waals surface area (Å²) in [5, 5.41) is 10.9. The Balaban J connectivity index is 1.85. The van der Waals surface area contributed by atoms with Crippen LogP contribution in [-0.4, -0.2) is 35.5 Å². The van der Waals surface area contributed by atoms with E-state index in [2.05, 4.69) is 29.6 Å². The smallest absolute Gasteiger partial charge is 0.0533 e. The zero-order valence-corrected chi connectivity index (χ0v) is 9.74. The lowest BCUT2D eigenvalue weighted by Crippen LogP contribution is -2.28. The van der Waals surface area contributed by atoms with Crippen LogP contribution < -0.4 is 10.6 Å². The quantitative estimate of drug-likeness (QED) is 0.625. The lowest BCUT2D eigenvalue weighted by atomic mass is 10.3. The van der Waals surface area contributed by atoms with Gasteiger partial charge in [0.05, 0.1) is 6.54 Å². The first kappa shape index (κ1) is 12.2. The average molecular weight is 210 g/mol. The molecule has 0 atom stereocenters. The summed E-state index contributed by atoms with van der Waals surface area (Å²) in [5.74, 6) is 0. The van der Waals surface area contributed by atoms with Crippen LogP contribution in [0.15, 0.2) is 18.5 Å². The molecule has 0 saturated carbocycles. The summed E-state index contributed by atoms with van der Waals surface area (Å²) >= 11 is 0. The van der Waals surface area contributed by atoms with Gasteiger partial charge < -0.3 is 10.6 Å². The Morgan fingerprint density at radius 3 is 2.80 bits per heavy atom. The maximum absolute atomic E-state index is 4.14. The number of hydrogen-bond acceptors (Lipinski definition) is 3. The first-order chi connectivity index (χ1) is 7.29. The van der Waals surface area contributed by atoms with E-state index in [0.29, 0.717) is 6.04 Å². The molecule has 0 spiro atoms. The molecule has 0 aliphatic carbocycles. The maximum atomic E-state index is 4.14. The third-order valence-electron chi connectivity index (χ3n) is 2.16. The summed E-state index contributed by atoms with van der Waals surface area (Å²) in [7, 11) is 0. The molecule has 0 aromatic carbocycles. The van der Waals surface area contributed by atoms with Crippen molar-refractivity contribution in [3.8, 4) is 0 Å². The van der Waals surface area contributed by atoms with Crippen LogP contribution >= 0.6 is 0 Å². The van der Waals surface area contributed by atoms with Crippen LogP contribution in [0, 0.1) is 0 Å². The molecular formula is C11H22N4. The first-order valence-electron chi connectivity index (χ1n) is 5.70. The number of nitrogens with one attached hydrogen (secondary N) is 2. The Morgan fingerprint density at radius 2 is 2.13 bits per heavy atom. The van der Waals surface area contributed by atoms with Gasteiger partial charge in [-0.2, -0.15) is 5.10 Å². The third-order valence-corrected chi connectivity index (χ3v) is 2.16. The molecule has 2 N–H and O–H groups in total. The number of aromatic nitrogens is 2. The van der Waals surface area contributed by atoms with E-state index < -0.39 is 0 Å². The molecule has 86 valence electrons. The maximum Gasteiger partial charge on any atom is 0.0533 e. The molecule has 0 saturated heterocycles. The van der Waals surface area contributed by atoms with Crippen LogP contribution in [0.25, 0.3) is 0 Å². The minimum atomic E-state index is 0.592. The predicted molar refractivity (Wildman–Crippen MR) is 62.9 cm³/mol. The average Bonchev–Trinajstić information content (AvgIpc) is 2.68. The molecule has 0 bridgehead atoms. The summed E-state index contributed by atoms with van der Waals surface area (Å²) in [4.78, 5) is 0. The van der Waals surface area contributed by atoms with E-state index in [1.165, 1.54) is 6.42 Å². The van der Waals surface area contributed by atoms with Gasteiger partial charge in [-0.15, -0.1) is 0 Å². The van der Waals surface area contributed by atoms with Crippen molar-refractivity contribution in [2.24, 2.45) is 0 Å². The topological polar surface area (TPSA) is 41.9 Å². The number of nitrogens with zero attached hydrogens (tertiary/aromatic N) is 2. The molecule has 0 aliphatic heterocycles. The van der Waals surface area contributed by atoms with Gasteiger partial charge in [-0.05, 0) is 25.6 Å². The van der Waals surface area contributed by atoms with E-state index in [4.69, 9.17) is 0 Å². The van der Waals surface area contributed by atoms with Crippen LogP contribution in [0.4, 0.5) is 0 Å². The Labute approximate surface area is 92.1 Å². The van der Waals surface area contributed by atoms with Crippen molar-refractivity contribution < 1.29 is 0 Å². The van der Waals surface area contributed by atoms with Crippen LogP contribution in [-0.2, 0) is 6.54 Å². The minimum absolute atomic E-state index is 0.592. The van der Waals surface area contributed by atoms with Gasteiger partial charge in [-0.1, -0.05) is 13.8 Å². The second-order valence-electron chi connectivity index (χ2n) is 3.98. The van der Waals surface area contributed by atoms with Crippen LogP contribution in [0.2, 0.25) is 0 Å². The SMILES string of the molecule is CC(C)NCCCNCCn1cccn1. The second kappa shape index (κ2) is 7.43. The molecule has 4 nitrogen and oxygen atoms in total. The predicted octanol–water partition coefficient (Wildman–Crippen LogP) is 0.861. The van der Waals surface area contributed by atoms with Crippen molar-refractivity contribution >= 4 is 0 Å². The highest BCUT2D eigenvalue weighted by molar-refractivity contribution is 4.77. The van der Waals surface area contributed by atoms with Crippen molar-refractivity contribution in [3.05, 3.63) is 18.5 Å². The highest BCUT2D eigenvalue weighted by Gasteiger charge is 1.92. The molecule has 1 aromatic rings. The second-order valence-corrected chi connectivity index (χ2v) is 3.98. The van der Waals surface area contributed by atoms with E-state index in [9.17, 15) is 0 Å². The molecule has 0 aliphatic rings. The van der Waals surface area contributed by atoms with Crippen molar-refractivity contribution in [3.63, 3.8) is 0 Å². The van der Waals surface area contributed by atoms with Gasteiger partial charge in [-0.3, -0.25) is 4.68 Å². The van der Waals surface area contributed by atoms with E-state index in [0.717, 1.165) is 26.2 Å². The fourth-order valence-corrected chi connectivity index (χ4v) is 1.36. The highest BCUT2D eigenvalue weighted by atomic mass is 15.3. The molecule has 0 fully saturated rings. The summed E-state index contributed by atoms with van der Waals surface area (Å²) < 4.78 is 1.94. The molecule has 0 radical (unpaired) electrons. The minimum Gasteiger partial charge on any atom is -0.315 e. The Kier molecular flexibility index (Phi) is 6.04. The molecule has 0 unspecified atom stereocenters. The Hall–Kier alpha value is -0.870. The summed E-state index contributed by atoms with van der Waals surface area (Å²) in [6.07, 6.45) is 4.98. The van der Waals surface area contributed by atoms with Gasteiger partial charge in [0.1, 0.15) is 0 Å². The Bertz CT molecular complexity index is 231. The largest absolute Gasteiger partial charge is 0.315 e. The highest BCUT2D eigenvalue weighted by Crippen LogP contribution is 1.83. The van der Waals surface area contributed by atoms with E-state index in [1.807, 2.05) is 23.1 Å². The molecule has 4 heteroatoms. The van der Waals surface area contributed by atoms with E-state index >= 15 is 0 Å². The molecule has 0 amide bonds. The van der Waals surface area contributed by atoms with Gasteiger partial charge in [0.25, 0.3) is 0 Å². The monoisotopic (exact) mass is 210 g/mol. The Morgan fingerprint density at radius 1 is 1.27 bits per heavy atom. The molecular weight excluding hydrogens is 188 g/mol. The molecule has 1 aromatic heterocycles. The lowest BCUT2D eigenvalue weighted by molar-refractivity contribution is 0.520. The normalized spacial score (nSPS) is 11.1. The zero-order valence-electron chi connectivity index (χ0n) is 9.74. The molecule has 1 rings (SSSR count). The van der Waals surface area contributed by atoms with Crippen molar-refractivity contribution in [2.45, 2.75) is 32.9 Å². The summed E-state index contributed by atoms with van der Waals surface area (Å²) in [5.41, 5.74) is 0. The van der Waals surface area contributed by atoms with Crippen molar-refractivity contribution in [1.82, 2.24) is 20.4 Å². The van der Waals surface area contributed by atoms with Crippen molar-refractivity contribution in [2.75, 3.05) is 19.6 Å². The lowest BCUT2D eigenvalue weighted by Gasteiger charge is -2.08. The van der Waals surface area contributed by atoms with Crippen LogP contribution in [0.5, 0.6) is 0 Å². The van der Waals surface area contributed by atoms with Gasteiger partial charge >= 0.3 is 0 Å². The van der Waals surface area contributed by atoms with Gasteiger partial charge in [-0.25, -0.2) is 0 Å². The van der Waals surface area contributed by atoms with E-state index in [-0.39, 0.29) is 0 Å². The van der Waals surface area contributed by atoms with Crippen molar-refractivity contribution in [1.29, 1.82) is 0 Å². The molecule has 1 heterocycles. The van der Waals surface area contributed by atoms with E-state index in [1.54, 1.807) is 0 Å². The zero-order chi connectivity index (χ0) is 10.9. The standard InChI is InChI=1S/C11H22N4/c1-11(2)13-6-3-5-12-8-10-15-9-4-7-14-15/h4,7,9,11-13H,3,5-6,8,10H2,1-2H3. The van der Waals surface area contributed by atoms with Crippen LogP contribution in [0.1, 0.15) is 20.3 Å². The fraction of sp³-hybridized carbons (Fsp3) is 0.727. The fourth-order valence-electron chi connectivity index (χ4n) is 1.36. The van der Waals surface area contributed by atoms with Gasteiger partial charge in [0.15, 0.2) is 0 Å². The van der Waals surface area contributed by atoms with Crippen LogP contribution in [0.3, 0.4) is 0 Å². The third kappa shape index (κ3) is 6.25. The summed E-state index contributed by atoms with van der Waals surface area (Å²) in [6, 6.07) is 2.54. The summed E-state index contributed by atoms with van der Waals surface area (Å²) in [6.45, 7) is 8.44. The number of hydrogen-bond donors (Lipinski definition) is 2. The first-order valence-corrected chi connectivity index (χ1v) is 5.70. The number of rotatable bonds is 8. The van der Waals surface area contributed by atoms with Gasteiger partial charge in [0.2, 0.25) is 0 Å². The molecule has 15 heavy (non-hydrogen) atoms.